The van der Waals surface area contributed by atoms with E-state index in [1.165, 1.54) is 29.7 Å². The van der Waals surface area contributed by atoms with E-state index >= 15 is 0 Å². The van der Waals surface area contributed by atoms with Gasteiger partial charge in [0.2, 0.25) is 0 Å². The van der Waals surface area contributed by atoms with E-state index < -0.39 is 0 Å². The third kappa shape index (κ3) is 2.77. The number of nitriles is 1. The minimum atomic E-state index is 0.305. The first-order chi connectivity index (χ1) is 9.76. The number of hydrogen-bond acceptors (Lipinski definition) is 3. The number of nitrogens with zero attached hydrogens (tertiary/aromatic N) is 1. The molecule has 102 valence electrons. The average Bonchev–Trinajstić information content (AvgIpc) is 3.06. The summed E-state index contributed by atoms with van der Waals surface area (Å²) < 4.78 is 0. The van der Waals surface area contributed by atoms with Gasteiger partial charge in [-0.05, 0) is 55.5 Å². The zero-order valence-corrected chi connectivity index (χ0v) is 12.5. The quantitative estimate of drug-likeness (QED) is 0.921. The van der Waals surface area contributed by atoms with Gasteiger partial charge in [-0.1, -0.05) is 12.1 Å². The first-order valence-electron chi connectivity index (χ1n) is 7.10. The van der Waals surface area contributed by atoms with Crippen LogP contribution in [0.25, 0.3) is 0 Å². The van der Waals surface area contributed by atoms with Gasteiger partial charge in [0.25, 0.3) is 0 Å². The molecule has 0 aliphatic heterocycles. The van der Waals surface area contributed by atoms with E-state index in [1.807, 2.05) is 35.6 Å². The van der Waals surface area contributed by atoms with Crippen molar-refractivity contribution in [2.75, 3.05) is 0 Å². The minimum Gasteiger partial charge on any atom is -0.305 e. The Morgan fingerprint density at radius 1 is 1.30 bits per heavy atom. The maximum Gasteiger partial charge on any atom is 0.0991 e. The van der Waals surface area contributed by atoms with Crippen molar-refractivity contribution < 1.29 is 0 Å². The third-order valence-corrected chi connectivity index (χ3v) is 5.16. The molecule has 0 amide bonds. The molecule has 0 fully saturated rings. The van der Waals surface area contributed by atoms with Crippen LogP contribution in [-0.4, -0.2) is 0 Å². The molecule has 2 aromatic rings. The van der Waals surface area contributed by atoms with Crippen molar-refractivity contribution in [1.29, 1.82) is 5.26 Å². The molecule has 3 heteroatoms. The summed E-state index contributed by atoms with van der Waals surface area (Å²) in [6, 6.07) is 12.7. The number of thiophene rings is 1. The zero-order valence-electron chi connectivity index (χ0n) is 11.6. The van der Waals surface area contributed by atoms with Gasteiger partial charge in [-0.15, -0.1) is 11.3 Å². The summed E-state index contributed by atoms with van der Waals surface area (Å²) in [7, 11) is 0. The number of fused-ring (bicyclic) bond motifs is 1. The highest BCUT2D eigenvalue weighted by molar-refractivity contribution is 7.12. The second-order valence-corrected chi connectivity index (χ2v) is 6.57. The first-order valence-corrected chi connectivity index (χ1v) is 7.92. The Balaban J connectivity index is 1.60. The lowest BCUT2D eigenvalue weighted by Crippen LogP contribution is -2.17. The molecule has 1 aliphatic rings. The van der Waals surface area contributed by atoms with Gasteiger partial charge in [-0.3, -0.25) is 0 Å². The average molecular weight is 282 g/mol. The van der Waals surface area contributed by atoms with E-state index in [9.17, 15) is 0 Å². The van der Waals surface area contributed by atoms with Crippen LogP contribution in [0.5, 0.6) is 0 Å². The van der Waals surface area contributed by atoms with Gasteiger partial charge in [0.15, 0.2) is 0 Å². The molecule has 2 nitrogen and oxygen atoms in total. The Hall–Kier alpha value is -1.63. The smallest absolute Gasteiger partial charge is 0.0991 e. The van der Waals surface area contributed by atoms with E-state index in [0.717, 1.165) is 12.1 Å². The van der Waals surface area contributed by atoms with Crippen molar-refractivity contribution in [3.8, 4) is 6.07 Å². The van der Waals surface area contributed by atoms with Crippen LogP contribution >= 0.6 is 11.3 Å². The minimum absolute atomic E-state index is 0.305. The normalized spacial score (nSPS) is 14.8. The topological polar surface area (TPSA) is 35.8 Å². The van der Waals surface area contributed by atoms with Crippen LogP contribution in [0.1, 0.15) is 45.8 Å². The predicted octanol–water partition coefficient (Wildman–Crippen LogP) is 3.96. The Labute approximate surface area is 124 Å². The summed E-state index contributed by atoms with van der Waals surface area (Å²) in [5.41, 5.74) is 3.52. The van der Waals surface area contributed by atoms with Crippen LogP contribution in [-0.2, 0) is 19.4 Å². The molecule has 1 unspecified atom stereocenters. The lowest BCUT2D eigenvalue weighted by molar-refractivity contribution is 0.578. The van der Waals surface area contributed by atoms with Crippen molar-refractivity contribution in [2.24, 2.45) is 0 Å². The van der Waals surface area contributed by atoms with E-state index in [-0.39, 0.29) is 0 Å². The molecule has 1 aromatic heterocycles. The van der Waals surface area contributed by atoms with Crippen molar-refractivity contribution in [3.63, 3.8) is 0 Å². The van der Waals surface area contributed by atoms with Gasteiger partial charge in [0, 0.05) is 22.3 Å². The molecule has 1 N–H and O–H groups in total. The van der Waals surface area contributed by atoms with Gasteiger partial charge in [0.05, 0.1) is 11.6 Å². The van der Waals surface area contributed by atoms with Gasteiger partial charge >= 0.3 is 0 Å². The number of hydrogen-bond donors (Lipinski definition) is 1. The van der Waals surface area contributed by atoms with Crippen molar-refractivity contribution in [2.45, 2.75) is 38.8 Å². The van der Waals surface area contributed by atoms with E-state index in [0.29, 0.717) is 6.04 Å². The first kappa shape index (κ1) is 13.4. The fraction of sp³-hybridized carbons (Fsp3) is 0.353. The molecule has 0 saturated heterocycles. The molecule has 0 bridgehead atoms. The maximum absolute atomic E-state index is 8.81. The number of nitrogens with one attached hydrogen (secondary N) is 1. The summed E-state index contributed by atoms with van der Waals surface area (Å²) in [6.45, 7) is 3.10. The van der Waals surface area contributed by atoms with Crippen LogP contribution in [0.15, 0.2) is 30.3 Å². The highest BCUT2D eigenvalue weighted by atomic mass is 32.1. The van der Waals surface area contributed by atoms with Gasteiger partial charge in [-0.2, -0.15) is 5.26 Å². The predicted molar refractivity (Wildman–Crippen MR) is 82.8 cm³/mol. The Kier molecular flexibility index (Phi) is 3.86. The lowest BCUT2D eigenvalue weighted by Gasteiger charge is -2.13. The fourth-order valence-electron chi connectivity index (χ4n) is 2.70. The van der Waals surface area contributed by atoms with Crippen LogP contribution in [0, 0.1) is 11.3 Å². The van der Waals surface area contributed by atoms with Crippen LogP contribution < -0.4 is 5.32 Å². The summed E-state index contributed by atoms with van der Waals surface area (Å²) in [4.78, 5) is 3.03. The van der Waals surface area contributed by atoms with Gasteiger partial charge in [0.1, 0.15) is 0 Å². The lowest BCUT2D eigenvalue weighted by atomic mass is 10.1. The van der Waals surface area contributed by atoms with Crippen molar-refractivity contribution in [3.05, 3.63) is 56.8 Å². The Morgan fingerprint density at radius 3 is 2.80 bits per heavy atom. The molecule has 0 saturated carbocycles. The molecule has 1 atom stereocenters. The monoisotopic (exact) mass is 282 g/mol. The summed E-state index contributed by atoms with van der Waals surface area (Å²) in [6.07, 6.45) is 3.86. The largest absolute Gasteiger partial charge is 0.305 e. The summed E-state index contributed by atoms with van der Waals surface area (Å²) >= 11 is 1.96. The van der Waals surface area contributed by atoms with E-state index in [4.69, 9.17) is 5.26 Å². The van der Waals surface area contributed by atoms with E-state index in [2.05, 4.69) is 24.4 Å². The van der Waals surface area contributed by atoms with Gasteiger partial charge < -0.3 is 5.32 Å². The molecule has 0 radical (unpaired) electrons. The summed E-state index contributed by atoms with van der Waals surface area (Å²) in [5, 5.41) is 12.4. The number of rotatable bonds is 4. The highest BCUT2D eigenvalue weighted by Gasteiger charge is 2.15. The van der Waals surface area contributed by atoms with E-state index in [1.54, 1.807) is 10.4 Å². The molecule has 1 aliphatic carbocycles. The third-order valence-electron chi connectivity index (χ3n) is 3.92. The van der Waals surface area contributed by atoms with Crippen LogP contribution in [0.4, 0.5) is 0 Å². The fourth-order valence-corrected chi connectivity index (χ4v) is 3.91. The van der Waals surface area contributed by atoms with Crippen molar-refractivity contribution >= 4 is 11.3 Å². The Morgan fingerprint density at radius 2 is 2.10 bits per heavy atom. The standard InChI is InChI=1S/C17H18N2S/c1-12(14-7-5-13(10-18)6-8-14)19-11-16-9-15-3-2-4-17(15)20-16/h5-9,12,19H,2-4,11H2,1H3. The Bertz CT molecular complexity index is 612. The molecule has 1 aromatic carbocycles. The molecule has 3 rings (SSSR count). The molecule has 20 heavy (non-hydrogen) atoms. The van der Waals surface area contributed by atoms with Crippen LogP contribution in [0.3, 0.4) is 0 Å². The molecular weight excluding hydrogens is 264 g/mol. The molecular formula is C17H18N2S. The summed E-state index contributed by atoms with van der Waals surface area (Å²) in [5.74, 6) is 0. The second-order valence-electron chi connectivity index (χ2n) is 5.35. The van der Waals surface area contributed by atoms with Gasteiger partial charge in [-0.25, -0.2) is 0 Å². The SMILES string of the molecule is CC(NCc1cc2c(s1)CCC2)c1ccc(C#N)cc1. The van der Waals surface area contributed by atoms with Crippen LogP contribution in [0.2, 0.25) is 0 Å². The highest BCUT2D eigenvalue weighted by Crippen LogP contribution is 2.30. The molecule has 0 spiro atoms. The van der Waals surface area contributed by atoms with Crippen molar-refractivity contribution in [1.82, 2.24) is 5.32 Å². The molecule has 1 heterocycles. The number of aryl methyl sites for hydroxylation is 2. The maximum atomic E-state index is 8.81. The zero-order chi connectivity index (χ0) is 13.9. The second kappa shape index (κ2) is 5.78. The number of benzene rings is 1.